The molecule has 0 unspecified atom stereocenters. The van der Waals surface area contributed by atoms with Crippen molar-refractivity contribution in [2.45, 2.75) is 6.92 Å². The van der Waals surface area contributed by atoms with Crippen molar-refractivity contribution in [3.8, 4) is 5.75 Å². The predicted octanol–water partition coefficient (Wildman–Crippen LogP) is 3.68. The van der Waals surface area contributed by atoms with Gasteiger partial charge in [-0.05, 0) is 66.6 Å². The molecule has 3 rings (SSSR count). The second-order valence-electron chi connectivity index (χ2n) is 6.78. The number of aryl methyl sites for hydroxylation is 1. The van der Waals surface area contributed by atoms with Crippen molar-refractivity contribution in [1.29, 1.82) is 0 Å². The maximum absolute atomic E-state index is 12.0. The zero-order valence-corrected chi connectivity index (χ0v) is 17.1. The smallest absolute Gasteiger partial charge is 0.271 e. The van der Waals surface area contributed by atoms with Gasteiger partial charge in [0.05, 0.1) is 11.1 Å². The maximum Gasteiger partial charge on any atom is 0.271 e. The fourth-order valence-corrected chi connectivity index (χ4v) is 2.68. The second-order valence-corrected chi connectivity index (χ2v) is 6.78. The van der Waals surface area contributed by atoms with E-state index < -0.39 is 10.8 Å². The minimum Gasteiger partial charge on any atom is -0.484 e. The van der Waals surface area contributed by atoms with Crippen molar-refractivity contribution in [3.63, 3.8) is 0 Å². The van der Waals surface area contributed by atoms with E-state index in [2.05, 4.69) is 15.8 Å². The van der Waals surface area contributed by atoms with E-state index in [1.165, 1.54) is 30.5 Å². The Morgan fingerprint density at radius 2 is 1.78 bits per heavy atom. The number of amides is 2. The molecule has 162 valence electrons. The Morgan fingerprint density at radius 3 is 2.44 bits per heavy atom. The first kappa shape index (κ1) is 22.2. The van der Waals surface area contributed by atoms with Gasteiger partial charge in [-0.2, -0.15) is 5.10 Å². The Labute approximate surface area is 183 Å². The van der Waals surface area contributed by atoms with Crippen LogP contribution in [0.2, 0.25) is 0 Å². The number of ether oxygens (including phenoxy) is 1. The highest BCUT2D eigenvalue weighted by atomic mass is 16.6. The number of carbonyl (C=O) groups is 2. The maximum atomic E-state index is 12.0. The van der Waals surface area contributed by atoms with Gasteiger partial charge in [0.2, 0.25) is 0 Å². The number of nitro groups is 1. The summed E-state index contributed by atoms with van der Waals surface area (Å²) in [5.41, 5.74) is 4.96. The van der Waals surface area contributed by atoms with Crippen LogP contribution in [0.3, 0.4) is 0 Å². The van der Waals surface area contributed by atoms with Crippen molar-refractivity contribution in [2.24, 2.45) is 5.10 Å². The number of benzene rings is 3. The normalized spacial score (nSPS) is 10.5. The van der Waals surface area contributed by atoms with Gasteiger partial charge in [0.25, 0.3) is 17.5 Å². The number of anilines is 1. The second kappa shape index (κ2) is 10.5. The molecular formula is C23H20N4O5. The van der Waals surface area contributed by atoms with E-state index in [1.807, 2.05) is 25.1 Å². The molecule has 0 heterocycles. The first-order chi connectivity index (χ1) is 15.4. The average molecular weight is 432 g/mol. The number of hydrogen-bond acceptors (Lipinski definition) is 6. The van der Waals surface area contributed by atoms with Crippen LogP contribution in [0, 0.1) is 17.0 Å². The van der Waals surface area contributed by atoms with E-state index in [1.54, 1.807) is 30.3 Å². The molecule has 0 spiro atoms. The third kappa shape index (κ3) is 6.49. The first-order valence-corrected chi connectivity index (χ1v) is 9.58. The Morgan fingerprint density at radius 1 is 1.06 bits per heavy atom. The molecule has 0 fully saturated rings. The predicted molar refractivity (Wildman–Crippen MR) is 120 cm³/mol. The van der Waals surface area contributed by atoms with Crippen LogP contribution < -0.4 is 15.5 Å². The summed E-state index contributed by atoms with van der Waals surface area (Å²) in [6.07, 6.45) is 1.44. The highest BCUT2D eigenvalue weighted by Gasteiger charge is 2.08. The molecule has 2 N–H and O–H groups in total. The largest absolute Gasteiger partial charge is 0.484 e. The molecule has 3 aromatic rings. The minimum absolute atomic E-state index is 0.0972. The number of hydrazone groups is 1. The van der Waals surface area contributed by atoms with Crippen LogP contribution in [0.15, 0.2) is 77.9 Å². The fourth-order valence-electron chi connectivity index (χ4n) is 2.68. The molecule has 0 aromatic heterocycles. The highest BCUT2D eigenvalue weighted by Crippen LogP contribution is 2.13. The van der Waals surface area contributed by atoms with Crippen LogP contribution in [0.5, 0.6) is 5.75 Å². The summed E-state index contributed by atoms with van der Waals surface area (Å²) in [6, 6.07) is 19.5. The van der Waals surface area contributed by atoms with Crippen LogP contribution in [0.25, 0.3) is 0 Å². The third-order valence-electron chi connectivity index (χ3n) is 4.27. The van der Waals surface area contributed by atoms with Crippen molar-refractivity contribution < 1.29 is 19.2 Å². The summed E-state index contributed by atoms with van der Waals surface area (Å²) in [7, 11) is 0. The van der Waals surface area contributed by atoms with Gasteiger partial charge in [-0.1, -0.05) is 12.1 Å². The molecular weight excluding hydrogens is 412 g/mol. The SMILES string of the molecule is Cc1cccc(NC(=O)COc2ccc(/C=N\NC(=O)c3ccc([N+](=O)[O-])cc3)cc2)c1. The highest BCUT2D eigenvalue weighted by molar-refractivity contribution is 5.95. The lowest BCUT2D eigenvalue weighted by Crippen LogP contribution is -2.20. The van der Waals surface area contributed by atoms with Gasteiger partial charge >= 0.3 is 0 Å². The molecule has 3 aromatic carbocycles. The molecule has 0 saturated heterocycles. The van der Waals surface area contributed by atoms with Crippen LogP contribution in [-0.4, -0.2) is 29.6 Å². The molecule has 0 atom stereocenters. The van der Waals surface area contributed by atoms with E-state index in [0.29, 0.717) is 17.0 Å². The molecule has 0 aliphatic carbocycles. The van der Waals surface area contributed by atoms with Gasteiger partial charge in [-0.3, -0.25) is 19.7 Å². The van der Waals surface area contributed by atoms with Crippen molar-refractivity contribution in [3.05, 3.63) is 99.6 Å². The summed E-state index contributed by atoms with van der Waals surface area (Å²) in [4.78, 5) is 34.1. The molecule has 0 radical (unpaired) electrons. The van der Waals surface area contributed by atoms with E-state index in [-0.39, 0.29) is 23.8 Å². The van der Waals surface area contributed by atoms with Crippen molar-refractivity contribution in [2.75, 3.05) is 11.9 Å². The van der Waals surface area contributed by atoms with Crippen LogP contribution in [-0.2, 0) is 4.79 Å². The van der Waals surface area contributed by atoms with Crippen molar-refractivity contribution in [1.82, 2.24) is 5.43 Å². The first-order valence-electron chi connectivity index (χ1n) is 9.58. The van der Waals surface area contributed by atoms with Gasteiger partial charge < -0.3 is 10.1 Å². The van der Waals surface area contributed by atoms with Gasteiger partial charge in [-0.15, -0.1) is 0 Å². The Bertz CT molecular complexity index is 1140. The minimum atomic E-state index is -0.538. The number of hydrogen-bond donors (Lipinski definition) is 2. The summed E-state index contributed by atoms with van der Waals surface area (Å²) < 4.78 is 5.48. The molecule has 9 nitrogen and oxygen atoms in total. The average Bonchev–Trinajstić information content (AvgIpc) is 2.78. The number of non-ortho nitro benzene ring substituents is 1. The topological polar surface area (TPSA) is 123 Å². The fraction of sp³-hybridized carbons (Fsp3) is 0.0870. The quantitative estimate of drug-likeness (QED) is 0.319. The zero-order chi connectivity index (χ0) is 22.9. The van der Waals surface area contributed by atoms with Crippen LogP contribution in [0.1, 0.15) is 21.5 Å². The molecule has 0 saturated carbocycles. The molecule has 32 heavy (non-hydrogen) atoms. The number of rotatable bonds is 8. The monoisotopic (exact) mass is 432 g/mol. The molecule has 2 amide bonds. The summed E-state index contributed by atoms with van der Waals surface area (Å²) in [5.74, 6) is -0.248. The van der Waals surface area contributed by atoms with Gasteiger partial charge in [0, 0.05) is 23.4 Å². The van der Waals surface area contributed by atoms with Crippen LogP contribution >= 0.6 is 0 Å². The summed E-state index contributed by atoms with van der Waals surface area (Å²) >= 11 is 0. The lowest BCUT2D eigenvalue weighted by Gasteiger charge is -2.08. The standard InChI is InChI=1S/C23H20N4O5/c1-16-3-2-4-19(13-16)25-22(28)15-32-21-11-5-17(6-12-21)14-24-26-23(29)18-7-9-20(10-8-18)27(30)31/h2-14H,15H2,1H3,(H,25,28)(H,26,29)/b24-14-. The Balaban J connectivity index is 1.46. The van der Waals surface area contributed by atoms with E-state index in [0.717, 1.165) is 5.56 Å². The van der Waals surface area contributed by atoms with Gasteiger partial charge in [-0.25, -0.2) is 5.43 Å². The van der Waals surface area contributed by atoms with Crippen LogP contribution in [0.4, 0.5) is 11.4 Å². The number of nitro benzene ring substituents is 1. The van der Waals surface area contributed by atoms with E-state index >= 15 is 0 Å². The van der Waals surface area contributed by atoms with E-state index in [9.17, 15) is 19.7 Å². The summed E-state index contributed by atoms with van der Waals surface area (Å²) in [6.45, 7) is 1.81. The molecule has 9 heteroatoms. The van der Waals surface area contributed by atoms with Gasteiger partial charge in [0.15, 0.2) is 6.61 Å². The zero-order valence-electron chi connectivity index (χ0n) is 17.1. The molecule has 0 bridgehead atoms. The van der Waals surface area contributed by atoms with E-state index in [4.69, 9.17) is 4.74 Å². The van der Waals surface area contributed by atoms with Gasteiger partial charge in [0.1, 0.15) is 5.75 Å². The summed E-state index contributed by atoms with van der Waals surface area (Å²) in [5, 5.41) is 17.3. The molecule has 0 aliphatic heterocycles. The lowest BCUT2D eigenvalue weighted by molar-refractivity contribution is -0.384. The molecule has 0 aliphatic rings. The number of carbonyl (C=O) groups excluding carboxylic acids is 2. The Hall–Kier alpha value is -4.53. The number of nitrogens with one attached hydrogen (secondary N) is 2. The lowest BCUT2D eigenvalue weighted by atomic mass is 10.2. The number of nitrogens with zero attached hydrogens (tertiary/aromatic N) is 2. The van der Waals surface area contributed by atoms with Crippen molar-refractivity contribution >= 4 is 29.4 Å². The third-order valence-corrected chi connectivity index (χ3v) is 4.27. The Kier molecular flexibility index (Phi) is 7.26.